The second kappa shape index (κ2) is 10.7. The van der Waals surface area contributed by atoms with Gasteiger partial charge in [-0.2, -0.15) is 0 Å². The lowest BCUT2D eigenvalue weighted by Crippen LogP contribution is -2.38. The number of fused-ring (bicyclic) bond motifs is 3. The van der Waals surface area contributed by atoms with Gasteiger partial charge in [-0.15, -0.1) is 0 Å². The number of anilines is 1. The maximum absolute atomic E-state index is 12.7. The summed E-state index contributed by atoms with van der Waals surface area (Å²) in [6.07, 6.45) is 6.30. The first kappa shape index (κ1) is 24.4. The second-order valence-corrected chi connectivity index (χ2v) is 10.2. The summed E-state index contributed by atoms with van der Waals surface area (Å²) in [4.78, 5) is 32.0. The average molecular weight is 597 g/mol. The summed E-state index contributed by atoms with van der Waals surface area (Å²) in [6, 6.07) is 13.6. The van der Waals surface area contributed by atoms with Gasteiger partial charge in [0.1, 0.15) is 5.75 Å². The highest BCUT2D eigenvalue weighted by atomic mass is 127. The van der Waals surface area contributed by atoms with E-state index >= 15 is 0 Å². The van der Waals surface area contributed by atoms with E-state index in [9.17, 15) is 9.59 Å². The molecule has 2 aromatic carbocycles. The van der Waals surface area contributed by atoms with Gasteiger partial charge in [-0.25, -0.2) is 4.79 Å². The molecule has 4 aromatic rings. The van der Waals surface area contributed by atoms with Gasteiger partial charge >= 0.3 is 6.09 Å². The molecule has 186 valence electrons. The number of ether oxygens (including phenoxy) is 1. The molecule has 9 heteroatoms. The Morgan fingerprint density at radius 2 is 1.97 bits per heavy atom. The van der Waals surface area contributed by atoms with Crippen molar-refractivity contribution in [1.82, 2.24) is 20.6 Å². The van der Waals surface area contributed by atoms with Gasteiger partial charge in [-0.1, -0.05) is 18.2 Å². The van der Waals surface area contributed by atoms with Crippen LogP contribution in [-0.2, 0) is 24.1 Å². The highest BCUT2D eigenvalue weighted by molar-refractivity contribution is 14.1. The van der Waals surface area contributed by atoms with E-state index in [-0.39, 0.29) is 10.1 Å². The van der Waals surface area contributed by atoms with Gasteiger partial charge in [0.15, 0.2) is 4.17 Å². The van der Waals surface area contributed by atoms with Gasteiger partial charge in [0, 0.05) is 41.6 Å². The lowest BCUT2D eigenvalue weighted by Gasteiger charge is -2.24. The number of hydrogen-bond acceptors (Lipinski definition) is 5. The van der Waals surface area contributed by atoms with Crippen LogP contribution in [0.5, 0.6) is 5.75 Å². The number of aromatic nitrogens is 2. The summed E-state index contributed by atoms with van der Waals surface area (Å²) >= 11 is 2.17. The van der Waals surface area contributed by atoms with Crippen molar-refractivity contribution in [3.63, 3.8) is 0 Å². The molecule has 0 saturated carbocycles. The SMILES string of the molecule is CC(=O)NCCc1c[nH]c2ccc(OC(=O)NC(I)Nc3c4c(nc5ccccc35)CCCC4)cc12. The summed E-state index contributed by atoms with van der Waals surface area (Å²) < 4.78 is 5.23. The number of aryl methyl sites for hydroxylation is 1. The van der Waals surface area contributed by atoms with E-state index in [1.54, 1.807) is 6.07 Å². The molecule has 1 aliphatic carbocycles. The van der Waals surface area contributed by atoms with Crippen molar-refractivity contribution in [2.75, 3.05) is 11.9 Å². The van der Waals surface area contributed by atoms with E-state index in [4.69, 9.17) is 9.72 Å². The van der Waals surface area contributed by atoms with E-state index in [2.05, 4.69) is 49.6 Å². The Morgan fingerprint density at radius 3 is 2.83 bits per heavy atom. The number of nitrogens with zero attached hydrogens (tertiary/aromatic N) is 1. The van der Waals surface area contributed by atoms with Crippen LogP contribution >= 0.6 is 22.6 Å². The van der Waals surface area contributed by atoms with E-state index in [0.717, 1.165) is 64.4 Å². The zero-order chi connectivity index (χ0) is 25.1. The highest BCUT2D eigenvalue weighted by Crippen LogP contribution is 2.34. The van der Waals surface area contributed by atoms with E-state index in [0.29, 0.717) is 18.7 Å². The molecule has 36 heavy (non-hydrogen) atoms. The van der Waals surface area contributed by atoms with Crippen LogP contribution in [0.25, 0.3) is 21.8 Å². The number of pyridine rings is 1. The maximum atomic E-state index is 12.7. The molecule has 1 aliphatic rings. The number of halogens is 1. The van der Waals surface area contributed by atoms with Crippen LogP contribution in [0.2, 0.25) is 0 Å². The Hall–Kier alpha value is -3.34. The molecule has 2 amide bonds. The van der Waals surface area contributed by atoms with Crippen molar-refractivity contribution in [2.45, 2.75) is 43.2 Å². The van der Waals surface area contributed by atoms with Gasteiger partial charge in [-0.05, 0) is 90.1 Å². The Morgan fingerprint density at radius 1 is 1.14 bits per heavy atom. The van der Waals surface area contributed by atoms with Crippen molar-refractivity contribution in [1.29, 1.82) is 0 Å². The number of carbonyl (C=O) groups excluding carboxylic acids is 2. The summed E-state index contributed by atoms with van der Waals surface area (Å²) in [6.45, 7) is 2.05. The van der Waals surface area contributed by atoms with Crippen LogP contribution in [0.3, 0.4) is 0 Å². The minimum Gasteiger partial charge on any atom is -0.410 e. The number of H-pyrrole nitrogens is 1. The maximum Gasteiger partial charge on any atom is 0.414 e. The van der Waals surface area contributed by atoms with Crippen LogP contribution in [0.15, 0.2) is 48.7 Å². The number of rotatable bonds is 7. The molecule has 1 atom stereocenters. The normalized spacial score (nSPS) is 13.7. The van der Waals surface area contributed by atoms with E-state index in [1.165, 1.54) is 12.5 Å². The third kappa shape index (κ3) is 5.40. The number of hydrogen-bond donors (Lipinski definition) is 4. The zero-order valence-electron chi connectivity index (χ0n) is 20.0. The fourth-order valence-corrected chi connectivity index (χ4v) is 5.31. The number of benzene rings is 2. The third-order valence-corrected chi connectivity index (χ3v) is 7.03. The monoisotopic (exact) mass is 597 g/mol. The molecule has 0 saturated heterocycles. The zero-order valence-corrected chi connectivity index (χ0v) is 22.1. The fourth-order valence-electron chi connectivity index (χ4n) is 4.74. The number of para-hydroxylation sites is 1. The predicted molar refractivity (Wildman–Crippen MR) is 150 cm³/mol. The lowest BCUT2D eigenvalue weighted by atomic mass is 9.93. The van der Waals surface area contributed by atoms with Crippen molar-refractivity contribution in [3.8, 4) is 5.75 Å². The predicted octanol–water partition coefficient (Wildman–Crippen LogP) is 5.19. The van der Waals surface area contributed by atoms with Crippen LogP contribution in [0.1, 0.15) is 36.6 Å². The third-order valence-electron chi connectivity index (χ3n) is 6.40. The molecule has 0 radical (unpaired) electrons. The average Bonchev–Trinajstić information content (AvgIpc) is 3.25. The van der Waals surface area contributed by atoms with Gasteiger partial charge in [-0.3, -0.25) is 15.1 Å². The Kier molecular flexibility index (Phi) is 7.26. The van der Waals surface area contributed by atoms with E-state index in [1.807, 2.05) is 36.5 Å². The quantitative estimate of drug-likeness (QED) is 0.102. The molecular formula is C27H28IN5O3. The number of nitrogens with one attached hydrogen (secondary N) is 4. The standard InChI is InChI=1S/C27H28IN5O3/c1-16(34)29-13-12-17-15-30-22-11-10-18(14-21(17)22)36-27(35)33-26(28)32-25-19-6-2-4-8-23(19)31-24-9-5-3-7-20(24)25/h2,4,6,8,10-11,14-15,26,30H,3,5,7,9,12-13H2,1H3,(H,29,34)(H,31,32)(H,33,35). The van der Waals surface area contributed by atoms with Crippen LogP contribution in [0.4, 0.5) is 10.5 Å². The minimum atomic E-state index is -0.538. The summed E-state index contributed by atoms with van der Waals surface area (Å²) in [5.74, 6) is 0.397. The Balaban J connectivity index is 1.28. The molecular weight excluding hydrogens is 569 g/mol. The van der Waals surface area contributed by atoms with Crippen molar-refractivity contribution < 1.29 is 14.3 Å². The topological polar surface area (TPSA) is 108 Å². The number of amides is 2. The number of carbonyl (C=O) groups is 2. The molecule has 1 unspecified atom stereocenters. The lowest BCUT2D eigenvalue weighted by molar-refractivity contribution is -0.118. The van der Waals surface area contributed by atoms with Gasteiger partial charge in [0.25, 0.3) is 0 Å². The van der Waals surface area contributed by atoms with Crippen molar-refractivity contribution in [3.05, 3.63) is 65.5 Å². The first-order valence-electron chi connectivity index (χ1n) is 12.1. The first-order chi connectivity index (χ1) is 17.5. The second-order valence-electron chi connectivity index (χ2n) is 8.93. The Labute approximate surface area is 222 Å². The highest BCUT2D eigenvalue weighted by Gasteiger charge is 2.20. The van der Waals surface area contributed by atoms with Crippen molar-refractivity contribution in [2.24, 2.45) is 0 Å². The Bertz CT molecular complexity index is 1430. The fraction of sp³-hybridized carbons (Fsp3) is 0.296. The van der Waals surface area contributed by atoms with E-state index < -0.39 is 6.09 Å². The minimum absolute atomic E-state index is 0.0576. The molecule has 5 rings (SSSR count). The van der Waals surface area contributed by atoms with Crippen LogP contribution in [-0.4, -0.2) is 32.7 Å². The summed E-state index contributed by atoms with van der Waals surface area (Å²) in [5.41, 5.74) is 6.37. The molecule has 0 spiro atoms. The van der Waals surface area contributed by atoms with Crippen LogP contribution < -0.4 is 20.7 Å². The molecule has 0 bridgehead atoms. The largest absolute Gasteiger partial charge is 0.414 e. The molecule has 2 aromatic heterocycles. The molecule has 4 N–H and O–H groups in total. The van der Waals surface area contributed by atoms with Crippen molar-refractivity contribution >= 4 is 62.1 Å². The molecule has 0 fully saturated rings. The van der Waals surface area contributed by atoms with Gasteiger partial charge < -0.3 is 20.4 Å². The summed E-state index contributed by atoms with van der Waals surface area (Å²) in [7, 11) is 0. The van der Waals surface area contributed by atoms with Gasteiger partial charge in [0.05, 0.1) is 11.2 Å². The molecule has 2 heterocycles. The summed E-state index contributed by atoms with van der Waals surface area (Å²) in [5, 5.41) is 11.2. The first-order valence-corrected chi connectivity index (χ1v) is 13.4. The number of aromatic amines is 1. The van der Waals surface area contributed by atoms with Crippen LogP contribution in [0, 0.1) is 0 Å². The number of alkyl halides is 1. The molecule has 0 aliphatic heterocycles. The smallest absolute Gasteiger partial charge is 0.410 e. The van der Waals surface area contributed by atoms with Gasteiger partial charge in [0.2, 0.25) is 5.91 Å². The molecule has 8 nitrogen and oxygen atoms in total.